The highest BCUT2D eigenvalue weighted by atomic mass is 16.4. The van der Waals surface area contributed by atoms with Gasteiger partial charge in [-0.2, -0.15) is 0 Å². The lowest BCUT2D eigenvalue weighted by molar-refractivity contribution is -0.139. The van der Waals surface area contributed by atoms with Gasteiger partial charge in [-0.3, -0.25) is 43.2 Å². The Morgan fingerprint density at radius 3 is 1.72 bits per heavy atom. The van der Waals surface area contributed by atoms with E-state index in [0.717, 1.165) is 10.9 Å². The van der Waals surface area contributed by atoms with Gasteiger partial charge in [-0.05, 0) is 56.1 Å². The van der Waals surface area contributed by atoms with Crippen LogP contribution in [0.5, 0.6) is 0 Å². The fraction of sp³-hybridized carbons (Fsp3) is 0.553. The number of para-hydroxylation sites is 1. The molecular weight excluding hydrogens is 758 g/mol. The van der Waals surface area contributed by atoms with Gasteiger partial charge >= 0.3 is 11.9 Å². The summed E-state index contributed by atoms with van der Waals surface area (Å²) in [5.41, 5.74) is 12.6. The molecule has 58 heavy (non-hydrogen) atoms. The zero-order valence-electron chi connectivity index (χ0n) is 33.4. The van der Waals surface area contributed by atoms with Crippen molar-refractivity contribution in [3.05, 3.63) is 36.0 Å². The van der Waals surface area contributed by atoms with Crippen molar-refractivity contribution in [1.82, 2.24) is 36.9 Å². The number of aromatic amines is 1. The van der Waals surface area contributed by atoms with E-state index in [1.165, 1.54) is 6.92 Å². The first-order valence-corrected chi connectivity index (χ1v) is 19.0. The van der Waals surface area contributed by atoms with E-state index < -0.39 is 96.1 Å². The lowest BCUT2D eigenvalue weighted by atomic mass is 9.98. The number of hydrogen-bond donors (Lipinski definition) is 11. The molecule has 0 aliphatic carbocycles. The van der Waals surface area contributed by atoms with Crippen LogP contribution in [0.15, 0.2) is 30.5 Å². The summed E-state index contributed by atoms with van der Waals surface area (Å²) in [7, 11) is 0. The molecule has 1 aromatic carbocycles. The molecule has 20 nitrogen and oxygen atoms in total. The Labute approximate surface area is 335 Å². The number of carbonyl (C=O) groups is 9. The number of fused-ring (bicyclic) bond motifs is 1. The van der Waals surface area contributed by atoms with Crippen LogP contribution in [-0.2, 0) is 49.6 Å². The first-order chi connectivity index (χ1) is 27.2. The summed E-state index contributed by atoms with van der Waals surface area (Å²) < 4.78 is 0. The first-order valence-electron chi connectivity index (χ1n) is 19.0. The quantitative estimate of drug-likeness (QED) is 0.0570. The smallest absolute Gasteiger partial charge is 0.322 e. The number of carboxylic acids is 2. The van der Waals surface area contributed by atoms with Crippen molar-refractivity contribution in [3.63, 3.8) is 0 Å². The molecule has 0 saturated carbocycles. The Morgan fingerprint density at radius 1 is 0.638 bits per heavy atom. The average Bonchev–Trinajstić information content (AvgIpc) is 3.55. The topological polar surface area (TPSA) is 334 Å². The molecule has 0 radical (unpaired) electrons. The minimum absolute atomic E-state index is 0.0216. The Hall–Kier alpha value is -6.05. The summed E-state index contributed by atoms with van der Waals surface area (Å²) in [6, 6.07) is -0.219. The van der Waals surface area contributed by atoms with Gasteiger partial charge in [0.1, 0.15) is 36.8 Å². The van der Waals surface area contributed by atoms with E-state index in [2.05, 4.69) is 36.9 Å². The second-order valence-corrected chi connectivity index (χ2v) is 15.0. The molecule has 0 saturated heterocycles. The van der Waals surface area contributed by atoms with Crippen LogP contribution < -0.4 is 43.4 Å². The summed E-state index contributed by atoms with van der Waals surface area (Å²) in [4.78, 5) is 117. The lowest BCUT2D eigenvalue weighted by Crippen LogP contribution is -2.59. The van der Waals surface area contributed by atoms with Crippen molar-refractivity contribution in [1.29, 1.82) is 0 Å². The van der Waals surface area contributed by atoms with Gasteiger partial charge in [0.15, 0.2) is 0 Å². The highest BCUT2D eigenvalue weighted by Crippen LogP contribution is 2.20. The fourth-order valence-electron chi connectivity index (χ4n) is 5.89. The fourth-order valence-corrected chi connectivity index (χ4v) is 5.89. The Bertz CT molecular complexity index is 1800. The third-order valence-electron chi connectivity index (χ3n) is 8.90. The molecule has 0 spiro atoms. The number of aliphatic carboxylic acids is 2. The first kappa shape index (κ1) is 48.1. The molecule has 2 aromatic rings. The van der Waals surface area contributed by atoms with E-state index in [9.17, 15) is 43.2 Å². The molecular formula is C38H57N9O11. The number of carboxylic acid groups (broad SMARTS) is 2. The molecule has 0 aliphatic heterocycles. The summed E-state index contributed by atoms with van der Waals surface area (Å²) in [5.74, 6) is -8.26. The zero-order chi connectivity index (χ0) is 43.7. The molecule has 0 unspecified atom stereocenters. The van der Waals surface area contributed by atoms with Gasteiger partial charge in [-0.25, -0.2) is 0 Å². The van der Waals surface area contributed by atoms with E-state index in [1.54, 1.807) is 20.0 Å². The van der Waals surface area contributed by atoms with Gasteiger partial charge in [-0.15, -0.1) is 0 Å². The maximum absolute atomic E-state index is 14.0. The lowest BCUT2D eigenvalue weighted by Gasteiger charge is -2.28. The van der Waals surface area contributed by atoms with Crippen LogP contribution >= 0.6 is 0 Å². The van der Waals surface area contributed by atoms with Gasteiger partial charge in [0.25, 0.3) is 0 Å². The minimum Gasteiger partial charge on any atom is -0.481 e. The van der Waals surface area contributed by atoms with Crippen LogP contribution in [0.3, 0.4) is 0 Å². The molecule has 1 aromatic heterocycles. The number of nitrogens with one attached hydrogen (secondary N) is 7. The Balaban J connectivity index is 2.29. The molecule has 0 bridgehead atoms. The Morgan fingerprint density at radius 2 is 1.17 bits per heavy atom. The number of hydrogen-bond acceptors (Lipinski definition) is 10. The minimum atomic E-state index is -1.35. The van der Waals surface area contributed by atoms with Crippen molar-refractivity contribution < 1.29 is 53.4 Å². The predicted octanol–water partition coefficient (Wildman–Crippen LogP) is -1.10. The van der Waals surface area contributed by atoms with Crippen LogP contribution in [0.4, 0.5) is 0 Å². The monoisotopic (exact) mass is 815 g/mol. The van der Waals surface area contributed by atoms with E-state index in [1.807, 2.05) is 38.1 Å². The van der Waals surface area contributed by atoms with Crippen LogP contribution in [0.25, 0.3) is 10.9 Å². The molecule has 7 amide bonds. The summed E-state index contributed by atoms with van der Waals surface area (Å²) in [6.07, 6.45) is 0.791. The average molecular weight is 816 g/mol. The number of H-pyrrole nitrogens is 1. The SMILES string of the molecule is CC(C)C[C@H](NC(=O)[C@H](CC(C)C)NC(=O)[C@H](Cc1c[nH]c2ccccc12)NC(=O)[C@@H](N)CCC(=O)O)C(=O)N[C@@H](C)C(=O)N[C@@H](CCC(N)=O)C(=O)NCC(=O)O. The van der Waals surface area contributed by atoms with E-state index in [-0.39, 0.29) is 56.8 Å². The third-order valence-corrected chi connectivity index (χ3v) is 8.90. The number of benzene rings is 1. The van der Waals surface area contributed by atoms with Crippen molar-refractivity contribution in [2.24, 2.45) is 23.3 Å². The normalized spacial score (nSPS) is 14.3. The van der Waals surface area contributed by atoms with Crippen LogP contribution in [0.1, 0.15) is 78.7 Å². The maximum atomic E-state index is 14.0. The Kier molecular flexibility index (Phi) is 19.3. The number of aromatic nitrogens is 1. The maximum Gasteiger partial charge on any atom is 0.322 e. The molecule has 2 rings (SSSR count). The van der Waals surface area contributed by atoms with Gasteiger partial charge in [-0.1, -0.05) is 45.9 Å². The molecule has 20 heteroatoms. The molecule has 0 aliphatic rings. The molecule has 13 N–H and O–H groups in total. The number of amides is 7. The van der Waals surface area contributed by atoms with Crippen LogP contribution in [0.2, 0.25) is 0 Å². The van der Waals surface area contributed by atoms with Gasteiger partial charge in [0.2, 0.25) is 41.4 Å². The van der Waals surface area contributed by atoms with Crippen molar-refractivity contribution in [3.8, 4) is 0 Å². The van der Waals surface area contributed by atoms with Crippen molar-refractivity contribution >= 4 is 64.2 Å². The number of nitrogens with two attached hydrogens (primary N) is 2. The number of primary amides is 1. The van der Waals surface area contributed by atoms with Gasteiger partial charge < -0.3 is 58.6 Å². The molecule has 0 fully saturated rings. The zero-order valence-corrected chi connectivity index (χ0v) is 33.4. The highest BCUT2D eigenvalue weighted by Gasteiger charge is 2.33. The van der Waals surface area contributed by atoms with E-state index >= 15 is 0 Å². The largest absolute Gasteiger partial charge is 0.481 e. The second-order valence-electron chi connectivity index (χ2n) is 15.0. The molecule has 1 heterocycles. The summed E-state index contributed by atoms with van der Waals surface area (Å²) >= 11 is 0. The van der Waals surface area contributed by atoms with Crippen LogP contribution in [-0.4, -0.2) is 111 Å². The van der Waals surface area contributed by atoms with Crippen LogP contribution in [0, 0.1) is 11.8 Å². The summed E-state index contributed by atoms with van der Waals surface area (Å²) in [5, 5.41) is 33.8. The number of carbonyl (C=O) groups excluding carboxylic acids is 7. The predicted molar refractivity (Wildman–Crippen MR) is 210 cm³/mol. The third kappa shape index (κ3) is 16.6. The van der Waals surface area contributed by atoms with Gasteiger partial charge in [0, 0.05) is 36.4 Å². The summed E-state index contributed by atoms with van der Waals surface area (Å²) in [6.45, 7) is 7.80. The standard InChI is InChI=1S/C38H57N9O11/c1-19(2)14-27(36(56)43-21(5)33(53)44-26(11-12-30(40)48)35(55)42-18-32(51)52)46-37(57)28(15-20(3)4)47-38(58)29(45-34(54)24(39)10-13-31(49)50)16-22-17-41-25-9-7-6-8-23(22)25/h6-9,17,19-21,24,26-29,41H,10-16,18,39H2,1-5H3,(H2,40,48)(H,42,55)(H,43,56)(H,44,53)(H,45,54)(H,46,57)(H,47,58)(H,49,50)(H,51,52)/t21-,24-,26-,27-,28-,29-/m0/s1. The van der Waals surface area contributed by atoms with Gasteiger partial charge in [0.05, 0.1) is 6.04 Å². The van der Waals surface area contributed by atoms with E-state index in [4.69, 9.17) is 21.7 Å². The number of rotatable bonds is 25. The molecule has 320 valence electrons. The van der Waals surface area contributed by atoms with Crippen molar-refractivity contribution in [2.45, 2.75) is 116 Å². The van der Waals surface area contributed by atoms with E-state index in [0.29, 0.717) is 5.56 Å². The molecule has 6 atom stereocenters. The highest BCUT2D eigenvalue weighted by molar-refractivity contribution is 5.97. The van der Waals surface area contributed by atoms with Crippen molar-refractivity contribution in [2.75, 3.05) is 6.54 Å². The second kappa shape index (κ2) is 23.2.